The van der Waals surface area contributed by atoms with Crippen LogP contribution in [0.2, 0.25) is 0 Å². The minimum Gasteiger partial charge on any atom is -0.393 e. The first-order chi connectivity index (χ1) is 8.51. The van der Waals surface area contributed by atoms with Crippen LogP contribution in [0.3, 0.4) is 0 Å². The summed E-state index contributed by atoms with van der Waals surface area (Å²) in [7, 11) is 0. The molecule has 1 aliphatic rings. The fourth-order valence-corrected chi connectivity index (χ4v) is 2.80. The molecule has 0 aromatic rings. The molecule has 0 spiro atoms. The monoisotopic (exact) mass is 296 g/mol. The number of hydrogen-bond acceptors (Lipinski definition) is 2. The van der Waals surface area contributed by atoms with Crippen LogP contribution in [0.5, 0.6) is 0 Å². The van der Waals surface area contributed by atoms with Crippen molar-refractivity contribution in [1.82, 2.24) is 4.90 Å². The third kappa shape index (κ3) is 4.91. The molecule has 0 saturated carbocycles. The Kier molecular flexibility index (Phi) is 5.23. The summed E-state index contributed by atoms with van der Waals surface area (Å²) in [6.07, 6.45) is -2.47. The third-order valence-electron chi connectivity index (χ3n) is 3.99. The lowest BCUT2D eigenvalue weighted by Crippen LogP contribution is -2.46. The number of hydrogen-bond donors (Lipinski definition) is 1. The second-order valence-corrected chi connectivity index (χ2v) is 6.91. The lowest BCUT2D eigenvalue weighted by Gasteiger charge is -2.39. The predicted molar refractivity (Wildman–Crippen MR) is 74.9 cm³/mol. The summed E-state index contributed by atoms with van der Waals surface area (Å²) < 4.78 is 38.4. The summed E-state index contributed by atoms with van der Waals surface area (Å²) in [5, 5.41) is 0. The van der Waals surface area contributed by atoms with E-state index >= 15 is 0 Å². The van der Waals surface area contributed by atoms with Gasteiger partial charge in [0.25, 0.3) is 0 Å². The number of nitrogens with zero attached hydrogens (tertiary/aromatic N) is 1. The molecule has 2 N–H and O–H groups in total. The minimum absolute atomic E-state index is 0.101. The molecule has 0 amide bonds. The van der Waals surface area contributed by atoms with Gasteiger partial charge in [0.1, 0.15) is 5.92 Å². The molecule has 1 rings (SSSR count). The van der Waals surface area contributed by atoms with Gasteiger partial charge >= 0.3 is 6.18 Å². The fraction of sp³-hybridized carbons (Fsp3) is 0.923. The topological polar surface area (TPSA) is 29.3 Å². The van der Waals surface area contributed by atoms with E-state index < -0.39 is 17.1 Å². The molecule has 1 fully saturated rings. The second kappa shape index (κ2) is 5.95. The van der Waals surface area contributed by atoms with Crippen molar-refractivity contribution in [1.29, 1.82) is 0 Å². The van der Waals surface area contributed by atoms with Gasteiger partial charge in [-0.1, -0.05) is 33.0 Å². The molecule has 6 heteroatoms. The van der Waals surface area contributed by atoms with Crippen molar-refractivity contribution in [2.75, 3.05) is 19.6 Å². The van der Waals surface area contributed by atoms with Crippen molar-refractivity contribution in [2.24, 2.45) is 23.0 Å². The number of nitrogens with two attached hydrogens (primary N) is 1. The van der Waals surface area contributed by atoms with Crippen LogP contribution in [-0.4, -0.2) is 35.7 Å². The number of halogens is 3. The van der Waals surface area contributed by atoms with E-state index in [4.69, 9.17) is 5.73 Å². The molecule has 1 unspecified atom stereocenters. The molecule has 1 atom stereocenters. The van der Waals surface area contributed by atoms with Crippen molar-refractivity contribution < 1.29 is 13.2 Å². The van der Waals surface area contributed by atoms with Gasteiger partial charge in [-0.05, 0) is 37.3 Å². The Labute approximate surface area is 118 Å². The van der Waals surface area contributed by atoms with E-state index in [0.29, 0.717) is 19.0 Å². The first kappa shape index (κ1) is 16.7. The van der Waals surface area contributed by atoms with Gasteiger partial charge in [0.2, 0.25) is 0 Å². The van der Waals surface area contributed by atoms with Crippen molar-refractivity contribution >= 4 is 17.2 Å². The molecule has 19 heavy (non-hydrogen) atoms. The van der Waals surface area contributed by atoms with Crippen molar-refractivity contribution in [3.8, 4) is 0 Å². The highest BCUT2D eigenvalue weighted by molar-refractivity contribution is 7.80. The number of piperidine rings is 1. The molecule has 112 valence electrons. The third-order valence-corrected chi connectivity index (χ3v) is 4.28. The summed E-state index contributed by atoms with van der Waals surface area (Å²) in [5.74, 6) is -1.12. The van der Waals surface area contributed by atoms with Crippen molar-refractivity contribution in [2.45, 2.75) is 39.8 Å². The molecule has 1 heterocycles. The maximum Gasteiger partial charge on any atom is 0.399 e. The van der Waals surface area contributed by atoms with Crippen LogP contribution in [0.25, 0.3) is 0 Å². The summed E-state index contributed by atoms with van der Waals surface area (Å²) >= 11 is 4.55. The van der Waals surface area contributed by atoms with Gasteiger partial charge < -0.3 is 10.6 Å². The highest BCUT2D eigenvalue weighted by Gasteiger charge is 2.43. The first-order valence-corrected chi connectivity index (χ1v) is 7.01. The van der Waals surface area contributed by atoms with Crippen LogP contribution in [0.1, 0.15) is 33.6 Å². The maximum absolute atomic E-state index is 12.8. The minimum atomic E-state index is -4.34. The van der Waals surface area contributed by atoms with Crippen LogP contribution in [-0.2, 0) is 0 Å². The zero-order valence-corrected chi connectivity index (χ0v) is 12.6. The zero-order valence-electron chi connectivity index (χ0n) is 11.8. The summed E-state index contributed by atoms with van der Waals surface area (Å²) in [4.78, 5) is 1.38. The average Bonchev–Trinajstić information content (AvgIpc) is 2.23. The molecule has 0 aromatic heterocycles. The second-order valence-electron chi connectivity index (χ2n) is 6.44. The predicted octanol–water partition coefficient (Wildman–Crippen LogP) is 3.21. The molecule has 2 nitrogen and oxygen atoms in total. The van der Waals surface area contributed by atoms with Crippen LogP contribution in [0.15, 0.2) is 0 Å². The van der Waals surface area contributed by atoms with E-state index in [0.717, 1.165) is 12.8 Å². The van der Waals surface area contributed by atoms with Gasteiger partial charge in [-0.2, -0.15) is 13.2 Å². The Bertz CT molecular complexity index is 315. The van der Waals surface area contributed by atoms with Crippen LogP contribution in [0.4, 0.5) is 13.2 Å². The number of thiocarbonyl (C=S) groups is 1. The van der Waals surface area contributed by atoms with Gasteiger partial charge in [0, 0.05) is 6.54 Å². The van der Waals surface area contributed by atoms with E-state index in [1.54, 1.807) is 0 Å². The smallest absolute Gasteiger partial charge is 0.393 e. The Balaban J connectivity index is 2.54. The summed E-state index contributed by atoms with van der Waals surface area (Å²) in [5.41, 5.74) is 5.44. The normalized spacial score (nSPS) is 21.4. The van der Waals surface area contributed by atoms with E-state index in [2.05, 4.69) is 33.0 Å². The Morgan fingerprint density at radius 2 is 1.74 bits per heavy atom. The lowest BCUT2D eigenvalue weighted by molar-refractivity contribution is -0.160. The van der Waals surface area contributed by atoms with Crippen molar-refractivity contribution in [3.63, 3.8) is 0 Å². The largest absolute Gasteiger partial charge is 0.399 e. The van der Waals surface area contributed by atoms with Crippen molar-refractivity contribution in [3.05, 3.63) is 0 Å². The van der Waals surface area contributed by atoms with E-state index in [1.807, 2.05) is 4.90 Å². The molecule has 0 aliphatic carbocycles. The molecule has 1 saturated heterocycles. The van der Waals surface area contributed by atoms with Gasteiger partial charge in [0.05, 0.1) is 4.99 Å². The highest BCUT2D eigenvalue weighted by Crippen LogP contribution is 2.35. The Morgan fingerprint density at radius 1 is 1.26 bits per heavy atom. The fourth-order valence-electron chi connectivity index (χ4n) is 2.59. The van der Waals surface area contributed by atoms with Crippen LogP contribution >= 0.6 is 12.2 Å². The van der Waals surface area contributed by atoms with Gasteiger partial charge in [-0.3, -0.25) is 0 Å². The molecule has 0 aromatic carbocycles. The molecule has 0 radical (unpaired) electrons. The molecule has 0 bridgehead atoms. The maximum atomic E-state index is 12.8. The molecular weight excluding hydrogens is 273 g/mol. The van der Waals surface area contributed by atoms with E-state index in [-0.39, 0.29) is 12.0 Å². The summed E-state index contributed by atoms with van der Waals surface area (Å²) in [6.45, 7) is 7.83. The van der Waals surface area contributed by atoms with E-state index in [9.17, 15) is 13.2 Å². The van der Waals surface area contributed by atoms with Crippen LogP contribution in [0, 0.1) is 17.3 Å². The average molecular weight is 296 g/mol. The van der Waals surface area contributed by atoms with E-state index in [1.165, 1.54) is 0 Å². The van der Waals surface area contributed by atoms with Gasteiger partial charge in [0.15, 0.2) is 0 Å². The summed E-state index contributed by atoms with van der Waals surface area (Å²) in [6, 6.07) is 0. The Hall–Kier alpha value is -0.360. The molecule has 1 aliphatic heterocycles. The van der Waals surface area contributed by atoms with Gasteiger partial charge in [-0.15, -0.1) is 0 Å². The standard InChI is InChI=1S/C13H23F3N2S/c1-12(2,3)9-4-6-18(7-5-9)8-10(11(17)19)13(14,15)16/h9-10H,4-8H2,1-3H3,(H2,17,19). The lowest BCUT2D eigenvalue weighted by atomic mass is 9.75. The number of rotatable bonds is 3. The first-order valence-electron chi connectivity index (χ1n) is 6.60. The zero-order chi connectivity index (χ0) is 14.8. The number of alkyl halides is 3. The van der Waals surface area contributed by atoms with Crippen LogP contribution < -0.4 is 5.73 Å². The quantitative estimate of drug-likeness (QED) is 0.811. The number of likely N-dealkylation sites (tertiary alicyclic amines) is 1. The highest BCUT2D eigenvalue weighted by atomic mass is 32.1. The molecular formula is C13H23F3N2S. The Morgan fingerprint density at radius 3 is 2.05 bits per heavy atom. The SMILES string of the molecule is CC(C)(C)C1CCN(CC(C(N)=S)C(F)(F)F)CC1. The van der Waals surface area contributed by atoms with Gasteiger partial charge in [-0.25, -0.2) is 0 Å².